The van der Waals surface area contributed by atoms with E-state index in [1.807, 2.05) is 0 Å². The molecule has 0 saturated carbocycles. The summed E-state index contributed by atoms with van der Waals surface area (Å²) in [4.78, 5) is 11.9. The quantitative estimate of drug-likeness (QED) is 0.185. The summed E-state index contributed by atoms with van der Waals surface area (Å²) in [5, 5.41) is 28.1. The van der Waals surface area contributed by atoms with Crippen LogP contribution < -0.4 is 0 Å². The highest BCUT2D eigenvalue weighted by Crippen LogP contribution is 2.35. The molecule has 5 nitrogen and oxygen atoms in total. The Hall–Kier alpha value is -1.91. The Morgan fingerprint density at radius 1 is 0.786 bits per heavy atom. The van der Waals surface area contributed by atoms with Gasteiger partial charge < -0.3 is 20.1 Å². The molecule has 28 heavy (non-hydrogen) atoms. The maximum absolute atomic E-state index is 11.9. The fraction of sp³-hybridized carbons (Fsp3) is 0.696. The predicted octanol–water partition coefficient (Wildman–Crippen LogP) is 6.30. The lowest BCUT2D eigenvalue weighted by Gasteiger charge is -2.07. The molecule has 1 aromatic carbocycles. The van der Waals surface area contributed by atoms with Crippen LogP contribution in [0, 0.1) is 5.92 Å². The SMILES string of the molecule is CC(C)CCCCCCCCCCCCCOC(=O)c1cc(O)c(O)c(O)c1. The molecule has 0 bridgehead atoms. The zero-order valence-corrected chi connectivity index (χ0v) is 17.6. The maximum Gasteiger partial charge on any atom is 0.338 e. The molecule has 0 heterocycles. The van der Waals surface area contributed by atoms with Crippen LogP contribution in [0.2, 0.25) is 0 Å². The Kier molecular flexibility index (Phi) is 12.2. The van der Waals surface area contributed by atoms with E-state index in [9.17, 15) is 20.1 Å². The van der Waals surface area contributed by atoms with Gasteiger partial charge in [-0.2, -0.15) is 0 Å². The summed E-state index contributed by atoms with van der Waals surface area (Å²) >= 11 is 0. The third-order valence-corrected chi connectivity index (χ3v) is 4.96. The maximum atomic E-state index is 11.9. The number of rotatable bonds is 15. The Morgan fingerprint density at radius 2 is 1.21 bits per heavy atom. The topological polar surface area (TPSA) is 87.0 Å². The summed E-state index contributed by atoms with van der Waals surface area (Å²) in [5.41, 5.74) is 0.0250. The van der Waals surface area contributed by atoms with Crippen LogP contribution in [0.25, 0.3) is 0 Å². The molecule has 0 atom stereocenters. The lowest BCUT2D eigenvalue weighted by atomic mass is 10.0. The van der Waals surface area contributed by atoms with Crippen molar-refractivity contribution in [2.45, 2.75) is 90.9 Å². The Bertz CT molecular complexity index is 545. The zero-order chi connectivity index (χ0) is 20.8. The molecule has 5 heteroatoms. The Morgan fingerprint density at radius 3 is 1.68 bits per heavy atom. The molecule has 0 unspecified atom stereocenters. The van der Waals surface area contributed by atoms with Gasteiger partial charge >= 0.3 is 5.97 Å². The van der Waals surface area contributed by atoms with Crippen LogP contribution in [-0.4, -0.2) is 27.9 Å². The highest BCUT2D eigenvalue weighted by Gasteiger charge is 2.14. The molecule has 0 aliphatic heterocycles. The van der Waals surface area contributed by atoms with E-state index in [4.69, 9.17) is 4.74 Å². The first kappa shape index (κ1) is 24.1. The normalized spacial score (nSPS) is 11.1. The van der Waals surface area contributed by atoms with E-state index in [0.717, 1.165) is 37.3 Å². The number of carbonyl (C=O) groups is 1. The standard InChI is InChI=1S/C23H38O5/c1-18(2)14-12-10-8-6-4-3-5-7-9-11-13-15-28-23(27)19-16-20(24)22(26)21(25)17-19/h16-18,24-26H,3-15H2,1-2H3. The van der Waals surface area contributed by atoms with Gasteiger partial charge in [0.1, 0.15) is 0 Å². The van der Waals surface area contributed by atoms with Crippen molar-refractivity contribution in [3.8, 4) is 17.2 Å². The van der Waals surface area contributed by atoms with E-state index >= 15 is 0 Å². The van der Waals surface area contributed by atoms with Gasteiger partial charge in [-0.1, -0.05) is 84.5 Å². The predicted molar refractivity (Wildman–Crippen MR) is 112 cm³/mol. The molecule has 0 aliphatic rings. The van der Waals surface area contributed by atoms with Crippen LogP contribution in [0.3, 0.4) is 0 Å². The van der Waals surface area contributed by atoms with Crippen molar-refractivity contribution in [2.24, 2.45) is 5.92 Å². The average Bonchev–Trinajstić information content (AvgIpc) is 2.65. The monoisotopic (exact) mass is 394 g/mol. The van der Waals surface area contributed by atoms with Crippen LogP contribution in [0.4, 0.5) is 0 Å². The third-order valence-electron chi connectivity index (χ3n) is 4.96. The second-order valence-corrected chi connectivity index (χ2v) is 8.07. The third kappa shape index (κ3) is 10.4. The molecule has 1 aromatic rings. The second kappa shape index (κ2) is 14.1. The van der Waals surface area contributed by atoms with Crippen molar-refractivity contribution >= 4 is 5.97 Å². The molecule has 160 valence electrons. The first-order chi connectivity index (χ1) is 13.4. The number of esters is 1. The number of phenolic OH excluding ortho intramolecular Hbond substituents is 3. The molecule has 0 spiro atoms. The van der Waals surface area contributed by atoms with Gasteiger partial charge in [0, 0.05) is 0 Å². The van der Waals surface area contributed by atoms with Crippen LogP contribution in [-0.2, 0) is 4.74 Å². The molecule has 3 N–H and O–H groups in total. The number of hydrogen-bond donors (Lipinski definition) is 3. The largest absolute Gasteiger partial charge is 0.504 e. The van der Waals surface area contributed by atoms with E-state index in [2.05, 4.69) is 13.8 Å². The minimum absolute atomic E-state index is 0.0250. The van der Waals surface area contributed by atoms with Crippen LogP contribution in [0.5, 0.6) is 17.2 Å². The number of hydrogen-bond acceptors (Lipinski definition) is 5. The molecule has 0 radical (unpaired) electrons. The second-order valence-electron chi connectivity index (χ2n) is 8.07. The van der Waals surface area contributed by atoms with Gasteiger partial charge in [0.15, 0.2) is 17.2 Å². The smallest absolute Gasteiger partial charge is 0.338 e. The minimum atomic E-state index is -0.636. The Balaban J connectivity index is 1.95. The Labute approximate surface area is 169 Å². The van der Waals surface area contributed by atoms with Crippen molar-refractivity contribution < 1.29 is 24.9 Å². The lowest BCUT2D eigenvalue weighted by molar-refractivity contribution is 0.0496. The van der Waals surface area contributed by atoms with Gasteiger partial charge in [0.25, 0.3) is 0 Å². The minimum Gasteiger partial charge on any atom is -0.504 e. The number of unbranched alkanes of at least 4 members (excludes halogenated alkanes) is 10. The van der Waals surface area contributed by atoms with Crippen molar-refractivity contribution in [3.63, 3.8) is 0 Å². The summed E-state index contributed by atoms with van der Waals surface area (Å²) in [5.74, 6) is -1.50. The van der Waals surface area contributed by atoms with Gasteiger partial charge in [-0.15, -0.1) is 0 Å². The van der Waals surface area contributed by atoms with Gasteiger partial charge in [-0.05, 0) is 24.5 Å². The lowest BCUT2D eigenvalue weighted by Crippen LogP contribution is -2.06. The number of phenols is 3. The van der Waals surface area contributed by atoms with E-state index in [1.54, 1.807) is 0 Å². The first-order valence-electron chi connectivity index (χ1n) is 10.8. The summed E-state index contributed by atoms with van der Waals surface area (Å²) in [6.07, 6.45) is 15.0. The average molecular weight is 395 g/mol. The van der Waals surface area contributed by atoms with Crippen LogP contribution in [0.15, 0.2) is 12.1 Å². The molecule has 1 rings (SSSR count). The molecule has 0 amide bonds. The summed E-state index contributed by atoms with van der Waals surface area (Å²) < 4.78 is 5.14. The van der Waals surface area contributed by atoms with Crippen LogP contribution >= 0.6 is 0 Å². The van der Waals surface area contributed by atoms with Crippen molar-refractivity contribution in [1.82, 2.24) is 0 Å². The summed E-state index contributed by atoms with van der Waals surface area (Å²) in [6, 6.07) is 2.17. The van der Waals surface area contributed by atoms with E-state index in [-0.39, 0.29) is 5.56 Å². The number of carbonyl (C=O) groups excluding carboxylic acids is 1. The van der Waals surface area contributed by atoms with Gasteiger partial charge in [-0.3, -0.25) is 0 Å². The first-order valence-corrected chi connectivity index (χ1v) is 10.8. The van der Waals surface area contributed by atoms with Gasteiger partial charge in [-0.25, -0.2) is 4.79 Å². The number of benzene rings is 1. The number of ether oxygens (including phenoxy) is 1. The summed E-state index contributed by atoms with van der Waals surface area (Å²) in [6.45, 7) is 4.89. The van der Waals surface area contributed by atoms with E-state index < -0.39 is 23.2 Å². The van der Waals surface area contributed by atoms with Crippen molar-refractivity contribution in [2.75, 3.05) is 6.61 Å². The van der Waals surface area contributed by atoms with Gasteiger partial charge in [0.05, 0.1) is 12.2 Å². The van der Waals surface area contributed by atoms with E-state index in [0.29, 0.717) is 6.61 Å². The molecular formula is C23H38O5. The summed E-state index contributed by atoms with van der Waals surface area (Å²) in [7, 11) is 0. The van der Waals surface area contributed by atoms with Crippen LogP contribution in [0.1, 0.15) is 101 Å². The van der Waals surface area contributed by atoms with Gasteiger partial charge in [0.2, 0.25) is 0 Å². The molecular weight excluding hydrogens is 356 g/mol. The number of aromatic hydroxyl groups is 3. The zero-order valence-electron chi connectivity index (χ0n) is 17.6. The van der Waals surface area contributed by atoms with Crippen molar-refractivity contribution in [3.05, 3.63) is 17.7 Å². The molecule has 0 aromatic heterocycles. The fourth-order valence-corrected chi connectivity index (χ4v) is 3.22. The molecule has 0 fully saturated rings. The molecule has 0 saturated heterocycles. The highest BCUT2D eigenvalue weighted by molar-refractivity contribution is 5.91. The van der Waals surface area contributed by atoms with E-state index in [1.165, 1.54) is 57.8 Å². The fourth-order valence-electron chi connectivity index (χ4n) is 3.22. The van der Waals surface area contributed by atoms with Crippen molar-refractivity contribution in [1.29, 1.82) is 0 Å². The molecule has 0 aliphatic carbocycles. The highest BCUT2D eigenvalue weighted by atomic mass is 16.5.